The Morgan fingerprint density at radius 3 is 0.963 bits per heavy atom. The van der Waals surface area contributed by atoms with Crippen LogP contribution < -0.4 is 0 Å². The maximum atomic E-state index is 6.46. The van der Waals surface area contributed by atoms with Crippen LogP contribution in [0.4, 0.5) is 0 Å². The van der Waals surface area contributed by atoms with Gasteiger partial charge in [0.2, 0.25) is 0 Å². The van der Waals surface area contributed by atoms with Crippen molar-refractivity contribution in [3.63, 3.8) is 0 Å². The fourth-order valence-electron chi connectivity index (χ4n) is 12.7. The monoisotopic (exact) mass is 1050 g/mol. The Kier molecular flexibility index (Phi) is 10.3. The highest BCUT2D eigenvalue weighted by Crippen LogP contribution is 2.57. The van der Waals surface area contributed by atoms with Gasteiger partial charge < -0.3 is 8.83 Å². The molecule has 2 bridgehead atoms. The Morgan fingerprint density at radius 2 is 0.537 bits per heavy atom. The molecule has 4 aromatic heterocycles. The highest BCUT2D eigenvalue weighted by molar-refractivity contribution is 6.10. The topological polar surface area (TPSA) is 104 Å². The van der Waals surface area contributed by atoms with Gasteiger partial charge in [0.25, 0.3) is 0 Å². The molecule has 0 aliphatic heterocycles. The van der Waals surface area contributed by atoms with Crippen molar-refractivity contribution in [1.29, 1.82) is 0 Å². The largest absolute Gasteiger partial charge is 0.455 e. The van der Waals surface area contributed by atoms with Gasteiger partial charge in [-0.2, -0.15) is 0 Å². The number of hydrogen-bond acceptors (Lipinski definition) is 8. The quantitative estimate of drug-likeness (QED) is 0.148. The van der Waals surface area contributed by atoms with Crippen molar-refractivity contribution in [2.24, 2.45) is 0 Å². The van der Waals surface area contributed by atoms with Crippen LogP contribution in [0.5, 0.6) is 0 Å². The van der Waals surface area contributed by atoms with E-state index in [1.54, 1.807) is 0 Å². The molecular weight excluding hydrogens is 1000 g/mol. The molecule has 0 radical (unpaired) electrons. The number of fused-ring (bicyclic) bond motifs is 6. The van der Waals surface area contributed by atoms with Crippen molar-refractivity contribution in [2.45, 2.75) is 11.8 Å². The van der Waals surface area contributed by atoms with Crippen molar-refractivity contribution in [3.05, 3.63) is 288 Å². The molecule has 0 saturated carbocycles. The number of para-hydroxylation sites is 4. The summed E-state index contributed by atoms with van der Waals surface area (Å²) in [5.74, 6) is 3.71. The summed E-state index contributed by atoms with van der Waals surface area (Å²) in [4.78, 5) is 30.5. The van der Waals surface area contributed by atoms with Crippen LogP contribution in [0, 0.1) is 0 Å². The van der Waals surface area contributed by atoms with E-state index < -0.39 is 0 Å². The Labute approximate surface area is 470 Å². The van der Waals surface area contributed by atoms with Crippen LogP contribution in [0.1, 0.15) is 45.2 Å². The molecule has 0 N–H and O–H groups in total. The van der Waals surface area contributed by atoms with Crippen molar-refractivity contribution in [2.75, 3.05) is 0 Å². The lowest BCUT2D eigenvalue weighted by molar-refractivity contribution is 0.669. The molecule has 18 rings (SSSR count). The molecule has 0 spiro atoms. The van der Waals surface area contributed by atoms with Crippen LogP contribution in [0.3, 0.4) is 0 Å². The highest BCUT2D eigenvalue weighted by Gasteiger charge is 2.41. The van der Waals surface area contributed by atoms with Crippen LogP contribution in [0.25, 0.3) is 134 Å². The molecule has 8 heteroatoms. The third-order valence-electron chi connectivity index (χ3n) is 16.6. The molecule has 2 atom stereocenters. The first kappa shape index (κ1) is 46.0. The molecular formula is C74H44N6O2. The second-order valence-electron chi connectivity index (χ2n) is 21.2. The maximum Gasteiger partial charge on any atom is 0.167 e. The normalized spacial score (nSPS) is 14.1. The minimum Gasteiger partial charge on any atom is -0.455 e. The van der Waals surface area contributed by atoms with E-state index >= 15 is 0 Å². The lowest BCUT2D eigenvalue weighted by Crippen LogP contribution is -2.27. The number of hydrogen-bond donors (Lipinski definition) is 0. The molecule has 3 aliphatic rings. The Bertz CT molecular complexity index is 4730. The van der Waals surface area contributed by atoms with Gasteiger partial charge in [0, 0.05) is 55.6 Å². The van der Waals surface area contributed by atoms with Crippen molar-refractivity contribution in [1.82, 2.24) is 29.9 Å². The molecule has 2 unspecified atom stereocenters. The van der Waals surface area contributed by atoms with Crippen LogP contribution in [0.2, 0.25) is 0 Å². The number of aromatic nitrogens is 6. The lowest BCUT2D eigenvalue weighted by Gasteiger charge is -2.42. The summed E-state index contributed by atoms with van der Waals surface area (Å²) in [6, 6.07) is 89.2. The molecule has 0 saturated heterocycles. The lowest BCUT2D eigenvalue weighted by atomic mass is 9.60. The van der Waals surface area contributed by atoms with Crippen molar-refractivity contribution in [3.8, 4) is 90.6 Å². The van der Waals surface area contributed by atoms with Crippen LogP contribution in [-0.4, -0.2) is 29.9 Å². The zero-order valence-corrected chi connectivity index (χ0v) is 43.9. The predicted octanol–water partition coefficient (Wildman–Crippen LogP) is 18.2. The van der Waals surface area contributed by atoms with E-state index in [-0.39, 0.29) is 11.8 Å². The standard InChI is InChI=1S/C74H44N6O2/c1-3-15-45(16-4-1)69-75-71(79-73(77-69)59-25-13-23-57-51-19-9-11-27-63(51)81-67(57)59)47-33-29-43(30-34-47)49-37-39-55-61(41-49)65-53-21-7-8-22-54(53)66(55)62-42-50(38-40-56(62)65)44-31-35-48(36-32-44)72-76-70(46-17-5-2-6-18-46)78-74(80-72)60-26-14-24-58-52-20-10-12-28-64(52)82-68(58)60/h1-42,65-66H. The third kappa shape index (κ3) is 7.38. The van der Waals surface area contributed by atoms with Gasteiger partial charge in [-0.25, -0.2) is 29.9 Å². The van der Waals surface area contributed by atoms with Gasteiger partial charge in [-0.15, -0.1) is 0 Å². The van der Waals surface area contributed by atoms with Gasteiger partial charge in [-0.05, 0) is 92.0 Å². The smallest absolute Gasteiger partial charge is 0.167 e. The van der Waals surface area contributed by atoms with Crippen LogP contribution >= 0.6 is 0 Å². The fourth-order valence-corrected chi connectivity index (χ4v) is 12.7. The molecule has 82 heavy (non-hydrogen) atoms. The molecule has 3 aliphatic carbocycles. The van der Waals surface area contributed by atoms with Crippen LogP contribution in [-0.2, 0) is 0 Å². The van der Waals surface area contributed by atoms with Crippen LogP contribution in [0.15, 0.2) is 264 Å². The Morgan fingerprint density at radius 1 is 0.220 bits per heavy atom. The van der Waals surface area contributed by atoms with E-state index in [1.807, 2.05) is 121 Å². The van der Waals surface area contributed by atoms with Gasteiger partial charge in [-0.1, -0.05) is 218 Å². The fraction of sp³-hybridized carbons (Fsp3) is 0.0270. The minimum atomic E-state index is 0.0976. The average Bonchev–Trinajstić information content (AvgIpc) is 1.66. The Hall–Kier alpha value is -11.0. The Balaban J connectivity index is 0.697. The summed E-state index contributed by atoms with van der Waals surface area (Å²) < 4.78 is 12.9. The zero-order chi connectivity index (χ0) is 53.8. The molecule has 0 amide bonds. The highest BCUT2D eigenvalue weighted by atomic mass is 16.3. The summed E-state index contributed by atoms with van der Waals surface area (Å²) in [6.07, 6.45) is 0. The predicted molar refractivity (Wildman–Crippen MR) is 326 cm³/mol. The molecule has 382 valence electrons. The second-order valence-corrected chi connectivity index (χ2v) is 21.2. The molecule has 0 fully saturated rings. The SMILES string of the molecule is c1ccc(-c2nc(-c3ccc(-c4ccc5c(c4)C4c6ccccc6C5c5cc(-c6ccc(-c7nc(-c8ccccc8)nc(-c8cccc9c8oc8ccccc89)n7)cc6)ccc54)cc3)nc(-c3cccc4c3oc3ccccc34)n2)cc1. The first-order valence-corrected chi connectivity index (χ1v) is 27.6. The van der Waals surface area contributed by atoms with Gasteiger partial charge >= 0.3 is 0 Å². The van der Waals surface area contributed by atoms with Gasteiger partial charge in [0.1, 0.15) is 22.3 Å². The third-order valence-corrected chi connectivity index (χ3v) is 16.6. The number of rotatable bonds is 8. The van der Waals surface area contributed by atoms with E-state index in [9.17, 15) is 0 Å². The summed E-state index contributed by atoms with van der Waals surface area (Å²) in [7, 11) is 0. The van der Waals surface area contributed by atoms with E-state index in [1.165, 1.54) is 44.5 Å². The number of nitrogens with zero attached hydrogens (tertiary/aromatic N) is 6. The second kappa shape index (κ2) is 18.3. The van der Waals surface area contributed by atoms with E-state index in [0.717, 1.165) is 88.4 Å². The van der Waals surface area contributed by atoms with Gasteiger partial charge in [-0.3, -0.25) is 0 Å². The molecule has 15 aromatic rings. The summed E-state index contributed by atoms with van der Waals surface area (Å²) in [5, 5.41) is 4.17. The van der Waals surface area contributed by atoms with Gasteiger partial charge in [0.15, 0.2) is 34.9 Å². The van der Waals surface area contributed by atoms with Gasteiger partial charge in [0.05, 0.1) is 11.1 Å². The first-order chi connectivity index (χ1) is 40.6. The average molecular weight is 1050 g/mol. The number of benzene rings is 11. The zero-order valence-electron chi connectivity index (χ0n) is 43.9. The number of furan rings is 2. The molecule has 4 heterocycles. The molecule has 11 aromatic carbocycles. The van der Waals surface area contributed by atoms with E-state index in [2.05, 4.69) is 133 Å². The summed E-state index contributed by atoms with van der Waals surface area (Å²) in [5.41, 5.74) is 21.2. The first-order valence-electron chi connectivity index (χ1n) is 27.6. The van der Waals surface area contributed by atoms with E-state index in [0.29, 0.717) is 34.9 Å². The maximum absolute atomic E-state index is 6.46. The van der Waals surface area contributed by atoms with E-state index in [4.69, 9.17) is 38.7 Å². The van der Waals surface area contributed by atoms with Crippen molar-refractivity contribution >= 4 is 43.9 Å². The molecule has 8 nitrogen and oxygen atoms in total. The summed E-state index contributed by atoms with van der Waals surface area (Å²) >= 11 is 0. The minimum absolute atomic E-state index is 0.0976. The summed E-state index contributed by atoms with van der Waals surface area (Å²) in [6.45, 7) is 0. The van der Waals surface area contributed by atoms with Crippen molar-refractivity contribution < 1.29 is 8.83 Å².